The molecule has 3 rings (SSSR count). The van der Waals surface area contributed by atoms with E-state index in [0.29, 0.717) is 64.2 Å². The molecular formula is C25H37N3O6. The molecule has 4 N–H and O–H groups in total. The molecule has 0 unspecified atom stereocenters. The van der Waals surface area contributed by atoms with Crippen molar-refractivity contribution in [2.45, 2.75) is 13.1 Å². The Balaban J connectivity index is 1.53. The summed E-state index contributed by atoms with van der Waals surface area (Å²) in [5, 5.41) is 27.7. The van der Waals surface area contributed by atoms with Crippen molar-refractivity contribution in [3.05, 3.63) is 47.5 Å². The second-order valence-corrected chi connectivity index (χ2v) is 8.11. The van der Waals surface area contributed by atoms with Crippen molar-refractivity contribution < 1.29 is 29.2 Å². The van der Waals surface area contributed by atoms with Gasteiger partial charge in [0.05, 0.1) is 26.4 Å². The Hall–Kier alpha value is -2.56. The number of phenolic OH excluding ortho intramolecular Hbond substituents is 2. The second kappa shape index (κ2) is 14.6. The van der Waals surface area contributed by atoms with Gasteiger partial charge in [-0.05, 0) is 19.2 Å². The molecule has 188 valence electrons. The van der Waals surface area contributed by atoms with E-state index in [9.17, 15) is 10.2 Å². The quantitative estimate of drug-likeness (QED) is 0.453. The minimum Gasteiger partial charge on any atom is -0.504 e. The molecule has 0 saturated carbocycles. The number of para-hydroxylation sites is 2. The molecule has 0 radical (unpaired) electrons. The van der Waals surface area contributed by atoms with Crippen LogP contribution in [0.5, 0.6) is 23.0 Å². The first-order chi connectivity index (χ1) is 16.6. The number of phenols is 2. The lowest BCUT2D eigenvalue weighted by atomic mass is 10.2. The first-order valence-electron chi connectivity index (χ1n) is 11.8. The molecule has 34 heavy (non-hydrogen) atoms. The number of ether oxygens (including phenoxy) is 4. The van der Waals surface area contributed by atoms with Gasteiger partial charge < -0.3 is 44.7 Å². The molecule has 0 aromatic heterocycles. The van der Waals surface area contributed by atoms with Crippen molar-refractivity contribution in [2.24, 2.45) is 0 Å². The Morgan fingerprint density at radius 3 is 1.59 bits per heavy atom. The zero-order valence-electron chi connectivity index (χ0n) is 19.9. The highest BCUT2D eigenvalue weighted by Gasteiger charge is 2.10. The third kappa shape index (κ3) is 8.66. The van der Waals surface area contributed by atoms with Crippen molar-refractivity contribution in [1.29, 1.82) is 0 Å². The first-order valence-corrected chi connectivity index (χ1v) is 11.8. The lowest BCUT2D eigenvalue weighted by Gasteiger charge is -2.18. The summed E-state index contributed by atoms with van der Waals surface area (Å²) in [4.78, 5) is 2.22. The fourth-order valence-corrected chi connectivity index (χ4v) is 3.49. The van der Waals surface area contributed by atoms with E-state index in [1.807, 2.05) is 24.3 Å². The summed E-state index contributed by atoms with van der Waals surface area (Å²) >= 11 is 0. The summed E-state index contributed by atoms with van der Waals surface area (Å²) in [6.45, 7) is 6.74. The predicted octanol–water partition coefficient (Wildman–Crippen LogP) is 1.71. The summed E-state index contributed by atoms with van der Waals surface area (Å²) in [6.07, 6.45) is 0. The summed E-state index contributed by atoms with van der Waals surface area (Å²) in [5.41, 5.74) is 1.59. The van der Waals surface area contributed by atoms with Gasteiger partial charge in [-0.15, -0.1) is 0 Å². The van der Waals surface area contributed by atoms with Gasteiger partial charge in [-0.25, -0.2) is 0 Å². The number of aromatic hydroxyl groups is 2. The van der Waals surface area contributed by atoms with E-state index >= 15 is 0 Å². The van der Waals surface area contributed by atoms with Gasteiger partial charge in [-0.1, -0.05) is 24.3 Å². The molecule has 0 saturated heterocycles. The molecule has 0 fully saturated rings. The number of likely N-dealkylation sites (N-methyl/N-ethyl adjacent to an activating group) is 1. The van der Waals surface area contributed by atoms with Gasteiger partial charge in [0.1, 0.15) is 13.2 Å². The first kappa shape index (κ1) is 26.1. The maximum atomic E-state index is 10.5. The molecule has 1 aliphatic heterocycles. The Morgan fingerprint density at radius 1 is 0.676 bits per heavy atom. The molecule has 4 bridgehead atoms. The van der Waals surface area contributed by atoms with Crippen LogP contribution in [0.4, 0.5) is 0 Å². The molecule has 1 aliphatic rings. The van der Waals surface area contributed by atoms with Gasteiger partial charge in [0.25, 0.3) is 0 Å². The molecule has 2 aromatic rings. The standard InChI is InChI=1S/C25H37N3O6/c1-28-10-8-26-18-20-4-2-6-22(24(20)29)33-16-14-31-12-13-32-15-17-34-23-7-3-5-21(25(23)30)19-27-9-11-28/h2-7,26-27,29-30H,8-19H2,1H3. The van der Waals surface area contributed by atoms with Crippen molar-refractivity contribution in [3.63, 3.8) is 0 Å². The highest BCUT2D eigenvalue weighted by molar-refractivity contribution is 5.46. The van der Waals surface area contributed by atoms with E-state index in [0.717, 1.165) is 37.3 Å². The van der Waals surface area contributed by atoms with E-state index in [4.69, 9.17) is 18.9 Å². The maximum Gasteiger partial charge on any atom is 0.162 e. The Kier molecular flexibility index (Phi) is 11.2. The van der Waals surface area contributed by atoms with Gasteiger partial charge in [0, 0.05) is 50.4 Å². The molecule has 2 aromatic carbocycles. The fourth-order valence-electron chi connectivity index (χ4n) is 3.49. The summed E-state index contributed by atoms with van der Waals surface area (Å²) < 4.78 is 22.4. The van der Waals surface area contributed by atoms with Crippen LogP contribution >= 0.6 is 0 Å². The van der Waals surface area contributed by atoms with Crippen LogP contribution in [0.15, 0.2) is 36.4 Å². The van der Waals surface area contributed by atoms with Crippen LogP contribution in [0.25, 0.3) is 0 Å². The molecule has 0 atom stereocenters. The van der Waals surface area contributed by atoms with Gasteiger partial charge in [0.2, 0.25) is 0 Å². The monoisotopic (exact) mass is 475 g/mol. The summed E-state index contributed by atoms with van der Waals surface area (Å²) in [5.74, 6) is 1.23. The normalized spacial score (nSPS) is 18.6. The molecular weight excluding hydrogens is 438 g/mol. The SMILES string of the molecule is CN1CCNCc2cccc(c2O)OCCOCCOCCOc2cccc(c2O)CNCC1. The highest BCUT2D eigenvalue weighted by Crippen LogP contribution is 2.30. The third-order valence-corrected chi connectivity index (χ3v) is 5.48. The number of fused-ring (bicyclic) bond motifs is 4. The number of benzene rings is 2. The lowest BCUT2D eigenvalue weighted by Crippen LogP contribution is -2.34. The van der Waals surface area contributed by atoms with E-state index in [-0.39, 0.29) is 11.5 Å². The molecule has 0 aliphatic carbocycles. The van der Waals surface area contributed by atoms with Gasteiger partial charge in [0.15, 0.2) is 23.0 Å². The van der Waals surface area contributed by atoms with Crippen LogP contribution in [-0.4, -0.2) is 88.0 Å². The van der Waals surface area contributed by atoms with Gasteiger partial charge in [-0.2, -0.15) is 0 Å². The number of nitrogens with zero attached hydrogens (tertiary/aromatic N) is 1. The molecule has 9 heteroatoms. The third-order valence-electron chi connectivity index (χ3n) is 5.48. The van der Waals surface area contributed by atoms with E-state index in [1.54, 1.807) is 12.1 Å². The number of hydrogen-bond acceptors (Lipinski definition) is 9. The van der Waals surface area contributed by atoms with Crippen molar-refractivity contribution >= 4 is 0 Å². The average molecular weight is 476 g/mol. The van der Waals surface area contributed by atoms with Crippen molar-refractivity contribution in [3.8, 4) is 23.0 Å². The minimum absolute atomic E-state index is 0.161. The van der Waals surface area contributed by atoms with E-state index in [2.05, 4.69) is 22.6 Å². The number of nitrogens with one attached hydrogen (secondary N) is 2. The minimum atomic E-state index is 0.161. The van der Waals surface area contributed by atoms with Crippen LogP contribution < -0.4 is 20.1 Å². The topological polar surface area (TPSA) is 105 Å². The average Bonchev–Trinajstić information content (AvgIpc) is 2.83. The molecule has 9 nitrogen and oxygen atoms in total. The molecule has 0 spiro atoms. The van der Waals surface area contributed by atoms with E-state index in [1.165, 1.54) is 0 Å². The van der Waals surface area contributed by atoms with E-state index < -0.39 is 0 Å². The van der Waals surface area contributed by atoms with Crippen LogP contribution in [0.1, 0.15) is 11.1 Å². The number of hydrogen-bond donors (Lipinski definition) is 4. The fraction of sp³-hybridized carbons (Fsp3) is 0.520. The Labute approximate surface area is 201 Å². The largest absolute Gasteiger partial charge is 0.504 e. The van der Waals surface area contributed by atoms with Crippen molar-refractivity contribution in [2.75, 3.05) is 72.9 Å². The van der Waals surface area contributed by atoms with Crippen molar-refractivity contribution in [1.82, 2.24) is 15.5 Å². The highest BCUT2D eigenvalue weighted by atomic mass is 16.6. The maximum absolute atomic E-state index is 10.5. The zero-order valence-corrected chi connectivity index (χ0v) is 19.9. The van der Waals surface area contributed by atoms with Gasteiger partial charge in [-0.3, -0.25) is 0 Å². The number of rotatable bonds is 0. The van der Waals surface area contributed by atoms with Crippen LogP contribution in [0.2, 0.25) is 0 Å². The molecule has 0 amide bonds. The van der Waals surface area contributed by atoms with Crippen LogP contribution in [-0.2, 0) is 22.6 Å². The smallest absolute Gasteiger partial charge is 0.162 e. The van der Waals surface area contributed by atoms with Gasteiger partial charge >= 0.3 is 0 Å². The lowest BCUT2D eigenvalue weighted by molar-refractivity contribution is 0.0269. The Morgan fingerprint density at radius 2 is 1.12 bits per heavy atom. The second-order valence-electron chi connectivity index (χ2n) is 8.11. The predicted molar refractivity (Wildman–Crippen MR) is 130 cm³/mol. The molecule has 1 heterocycles. The summed E-state index contributed by atoms with van der Waals surface area (Å²) in [7, 11) is 2.07. The van der Waals surface area contributed by atoms with Crippen LogP contribution in [0, 0.1) is 0 Å². The van der Waals surface area contributed by atoms with Crippen LogP contribution in [0.3, 0.4) is 0 Å². The summed E-state index contributed by atoms with van der Waals surface area (Å²) in [6, 6.07) is 11.0. The zero-order chi connectivity index (χ0) is 24.0. The Bertz CT molecular complexity index is 797.